The zero-order valence-corrected chi connectivity index (χ0v) is 16.3. The number of carbonyl (C=O) groups excluding carboxylic acids is 1. The lowest BCUT2D eigenvalue weighted by Gasteiger charge is -2.41. The molecule has 7 nitrogen and oxygen atoms in total. The molecule has 0 atom stereocenters. The van der Waals surface area contributed by atoms with Crippen molar-refractivity contribution in [2.75, 3.05) is 44.4 Å². The fourth-order valence-electron chi connectivity index (χ4n) is 3.18. The molecule has 1 aliphatic rings. The number of benzene rings is 1. The summed E-state index contributed by atoms with van der Waals surface area (Å²) >= 11 is 0. The average molecular weight is 384 g/mol. The van der Waals surface area contributed by atoms with Crippen LogP contribution in [0.5, 0.6) is 0 Å². The zero-order valence-electron chi connectivity index (χ0n) is 15.5. The Bertz CT molecular complexity index is 671. The number of methoxy groups -OCH3 is 1. The van der Waals surface area contributed by atoms with Gasteiger partial charge in [0.25, 0.3) is 0 Å². The first-order chi connectivity index (χ1) is 12.4. The molecule has 8 heteroatoms. The van der Waals surface area contributed by atoms with Gasteiger partial charge in [-0.05, 0) is 31.4 Å². The van der Waals surface area contributed by atoms with E-state index in [1.807, 2.05) is 37.3 Å². The van der Waals surface area contributed by atoms with Crippen LogP contribution in [0.15, 0.2) is 30.3 Å². The fraction of sp³-hybridized carbons (Fsp3) is 0.611. The van der Waals surface area contributed by atoms with E-state index in [-0.39, 0.29) is 11.7 Å². The number of nitrogens with zero attached hydrogens (tertiary/aromatic N) is 1. The molecule has 0 bridgehead atoms. The van der Waals surface area contributed by atoms with Gasteiger partial charge in [0.15, 0.2) is 0 Å². The lowest BCUT2D eigenvalue weighted by Crippen LogP contribution is -2.59. The van der Waals surface area contributed by atoms with E-state index < -0.39 is 15.6 Å². The number of sulfonamides is 1. The number of anilines is 1. The Hall–Kier alpha value is -1.64. The summed E-state index contributed by atoms with van der Waals surface area (Å²) in [5.41, 5.74) is 0.0205. The number of para-hydroxylation sites is 1. The van der Waals surface area contributed by atoms with Crippen LogP contribution in [0, 0.1) is 0 Å². The van der Waals surface area contributed by atoms with Crippen LogP contribution in [-0.4, -0.2) is 63.3 Å². The van der Waals surface area contributed by atoms with Crippen molar-refractivity contribution in [1.29, 1.82) is 0 Å². The summed E-state index contributed by atoms with van der Waals surface area (Å²) in [5, 5.41) is 6.25. The number of rotatable bonds is 9. The molecule has 1 amide bonds. The van der Waals surface area contributed by atoms with E-state index in [4.69, 9.17) is 4.74 Å². The van der Waals surface area contributed by atoms with Crippen molar-refractivity contribution < 1.29 is 17.9 Å². The van der Waals surface area contributed by atoms with E-state index in [2.05, 4.69) is 10.6 Å². The Morgan fingerprint density at radius 1 is 1.23 bits per heavy atom. The molecule has 146 valence electrons. The summed E-state index contributed by atoms with van der Waals surface area (Å²) in [6, 6.07) is 9.53. The first-order valence-electron chi connectivity index (χ1n) is 9.02. The molecule has 1 aliphatic heterocycles. The molecule has 0 saturated carbocycles. The van der Waals surface area contributed by atoms with Gasteiger partial charge in [-0.3, -0.25) is 4.79 Å². The van der Waals surface area contributed by atoms with E-state index in [0.717, 1.165) is 5.69 Å². The molecule has 0 aliphatic carbocycles. The third-order valence-electron chi connectivity index (χ3n) is 4.62. The lowest BCUT2D eigenvalue weighted by molar-refractivity contribution is -0.126. The Morgan fingerprint density at radius 2 is 1.88 bits per heavy atom. The molecule has 26 heavy (non-hydrogen) atoms. The van der Waals surface area contributed by atoms with Crippen LogP contribution < -0.4 is 10.6 Å². The number of carbonyl (C=O) groups is 1. The van der Waals surface area contributed by atoms with Gasteiger partial charge >= 0.3 is 0 Å². The molecule has 1 aromatic carbocycles. The number of nitrogens with one attached hydrogen (secondary N) is 2. The van der Waals surface area contributed by atoms with Crippen LogP contribution in [0.25, 0.3) is 0 Å². The quantitative estimate of drug-likeness (QED) is 0.630. The lowest BCUT2D eigenvalue weighted by atomic mass is 9.86. The van der Waals surface area contributed by atoms with Gasteiger partial charge < -0.3 is 15.4 Å². The van der Waals surface area contributed by atoms with Crippen LogP contribution in [0.3, 0.4) is 0 Å². The maximum atomic E-state index is 12.9. The van der Waals surface area contributed by atoms with E-state index >= 15 is 0 Å². The molecular formula is C18H29N3O4S. The fourth-order valence-corrected chi connectivity index (χ4v) is 4.69. The Balaban J connectivity index is 2.14. The Morgan fingerprint density at radius 3 is 2.46 bits per heavy atom. The van der Waals surface area contributed by atoms with Crippen molar-refractivity contribution in [2.45, 2.75) is 31.7 Å². The van der Waals surface area contributed by atoms with Gasteiger partial charge in [0.05, 0.1) is 12.4 Å². The molecule has 0 unspecified atom stereocenters. The van der Waals surface area contributed by atoms with Gasteiger partial charge in [-0.1, -0.05) is 25.1 Å². The molecular weight excluding hydrogens is 354 g/mol. The number of hydrogen-bond donors (Lipinski definition) is 2. The van der Waals surface area contributed by atoms with Crippen LogP contribution >= 0.6 is 0 Å². The highest BCUT2D eigenvalue weighted by Gasteiger charge is 2.43. The minimum atomic E-state index is -3.25. The molecule has 1 aromatic rings. The third kappa shape index (κ3) is 5.18. The minimum Gasteiger partial charge on any atom is -0.383 e. The van der Waals surface area contributed by atoms with Crippen molar-refractivity contribution in [2.24, 2.45) is 0 Å². The van der Waals surface area contributed by atoms with Gasteiger partial charge in [-0.2, -0.15) is 0 Å². The summed E-state index contributed by atoms with van der Waals surface area (Å²) in [6.07, 6.45) is 1.43. The van der Waals surface area contributed by atoms with Crippen molar-refractivity contribution in [3.63, 3.8) is 0 Å². The van der Waals surface area contributed by atoms with Gasteiger partial charge in [-0.25, -0.2) is 12.7 Å². The summed E-state index contributed by atoms with van der Waals surface area (Å²) in [6.45, 7) is 3.38. The summed E-state index contributed by atoms with van der Waals surface area (Å²) in [4.78, 5) is 12.9. The molecule has 0 radical (unpaired) electrons. The second kappa shape index (κ2) is 9.34. The van der Waals surface area contributed by atoms with E-state index in [1.165, 1.54) is 4.31 Å². The summed E-state index contributed by atoms with van der Waals surface area (Å²) in [7, 11) is -1.66. The number of amides is 1. The monoisotopic (exact) mass is 383 g/mol. The van der Waals surface area contributed by atoms with Gasteiger partial charge in [-0.15, -0.1) is 0 Å². The van der Waals surface area contributed by atoms with E-state index in [9.17, 15) is 13.2 Å². The largest absolute Gasteiger partial charge is 0.383 e. The Labute approximate surface area is 156 Å². The average Bonchev–Trinajstić information content (AvgIpc) is 2.63. The zero-order chi connectivity index (χ0) is 19.0. The van der Waals surface area contributed by atoms with Crippen molar-refractivity contribution in [3.05, 3.63) is 30.3 Å². The minimum absolute atomic E-state index is 0.119. The highest BCUT2D eigenvalue weighted by Crippen LogP contribution is 2.29. The van der Waals surface area contributed by atoms with Gasteiger partial charge in [0, 0.05) is 32.4 Å². The van der Waals surface area contributed by atoms with Gasteiger partial charge in [0.1, 0.15) is 5.54 Å². The number of hydrogen-bond acceptors (Lipinski definition) is 5. The van der Waals surface area contributed by atoms with E-state index in [0.29, 0.717) is 45.5 Å². The molecule has 1 saturated heterocycles. The van der Waals surface area contributed by atoms with E-state index in [1.54, 1.807) is 7.11 Å². The predicted molar refractivity (Wildman–Crippen MR) is 103 cm³/mol. The van der Waals surface area contributed by atoms with Gasteiger partial charge in [0.2, 0.25) is 15.9 Å². The molecule has 1 fully saturated rings. The topological polar surface area (TPSA) is 87.7 Å². The first kappa shape index (κ1) is 20.7. The van der Waals surface area contributed by atoms with Crippen LogP contribution in [0.2, 0.25) is 0 Å². The van der Waals surface area contributed by atoms with Crippen molar-refractivity contribution in [3.8, 4) is 0 Å². The molecule has 0 aromatic heterocycles. The Kier molecular flexibility index (Phi) is 7.43. The standard InChI is InChI=1S/C18H29N3O4S/c1-3-15-26(23,24)21-12-9-18(10-13-21,17(22)19-11-14-25-2)20-16-7-5-4-6-8-16/h4-8,20H,3,9-15H2,1-2H3,(H,19,22). The SMILES string of the molecule is CCCS(=O)(=O)N1CCC(Nc2ccccc2)(C(=O)NCCOC)CC1. The van der Waals surface area contributed by atoms with Crippen LogP contribution in [-0.2, 0) is 19.6 Å². The second-order valence-electron chi connectivity index (χ2n) is 6.54. The van der Waals surface area contributed by atoms with Crippen LogP contribution in [0.4, 0.5) is 5.69 Å². The highest BCUT2D eigenvalue weighted by molar-refractivity contribution is 7.89. The van der Waals surface area contributed by atoms with Crippen LogP contribution in [0.1, 0.15) is 26.2 Å². The smallest absolute Gasteiger partial charge is 0.245 e. The molecule has 2 rings (SSSR count). The highest BCUT2D eigenvalue weighted by atomic mass is 32.2. The summed E-state index contributed by atoms with van der Waals surface area (Å²) in [5.74, 6) is 0.0255. The normalized spacial score (nSPS) is 17.6. The molecule has 0 spiro atoms. The third-order valence-corrected chi connectivity index (χ3v) is 6.69. The maximum Gasteiger partial charge on any atom is 0.245 e. The van der Waals surface area contributed by atoms with Crippen molar-refractivity contribution in [1.82, 2.24) is 9.62 Å². The summed E-state index contributed by atoms with van der Waals surface area (Å²) < 4.78 is 31.1. The maximum absolute atomic E-state index is 12.9. The first-order valence-corrected chi connectivity index (χ1v) is 10.6. The van der Waals surface area contributed by atoms with Crippen molar-refractivity contribution >= 4 is 21.6 Å². The number of piperidine rings is 1. The molecule has 1 heterocycles. The molecule has 2 N–H and O–H groups in total. The predicted octanol–water partition coefficient (Wildman–Crippen LogP) is 1.44. The second-order valence-corrected chi connectivity index (χ2v) is 8.63. The number of ether oxygens (including phenoxy) is 1.